The van der Waals surface area contributed by atoms with E-state index in [4.69, 9.17) is 9.84 Å². The maximum absolute atomic E-state index is 12.2. The average Bonchev–Trinajstić information content (AvgIpc) is 2.37. The molecule has 0 unspecified atom stereocenters. The number of para-hydroxylation sites is 1. The number of methoxy groups -OCH3 is 1. The standard InChI is InChI=1S/C13H17NO3/c1-3-8-14(9-10-15)13(16)11-6-4-5-7-12(11)17-2/h3-7,15H,1,8-10H2,2H3. The number of amides is 1. The largest absolute Gasteiger partial charge is 0.496 e. The molecule has 0 saturated carbocycles. The Kier molecular flexibility index (Phi) is 5.23. The van der Waals surface area contributed by atoms with Gasteiger partial charge in [0.2, 0.25) is 0 Å². The molecule has 0 bridgehead atoms. The topological polar surface area (TPSA) is 49.8 Å². The fourth-order valence-corrected chi connectivity index (χ4v) is 1.54. The molecular formula is C13H17NO3. The normalized spacial score (nSPS) is 9.76. The van der Waals surface area contributed by atoms with E-state index in [1.165, 1.54) is 12.0 Å². The summed E-state index contributed by atoms with van der Waals surface area (Å²) in [6.07, 6.45) is 1.63. The number of benzene rings is 1. The number of carbonyl (C=O) groups is 1. The van der Waals surface area contributed by atoms with Crippen molar-refractivity contribution in [1.29, 1.82) is 0 Å². The van der Waals surface area contributed by atoms with Crippen LogP contribution in [0.15, 0.2) is 36.9 Å². The first-order chi connectivity index (χ1) is 8.24. The van der Waals surface area contributed by atoms with Gasteiger partial charge in [0, 0.05) is 13.1 Å². The highest BCUT2D eigenvalue weighted by Gasteiger charge is 2.17. The molecule has 0 fully saturated rings. The Morgan fingerprint density at radius 2 is 2.24 bits per heavy atom. The van der Waals surface area contributed by atoms with E-state index in [0.717, 1.165) is 0 Å². The minimum atomic E-state index is -0.170. The summed E-state index contributed by atoms with van der Waals surface area (Å²) in [5.74, 6) is 0.362. The first kappa shape index (κ1) is 13.3. The molecule has 1 aromatic rings. The lowest BCUT2D eigenvalue weighted by molar-refractivity contribution is 0.0739. The van der Waals surface area contributed by atoms with E-state index in [-0.39, 0.29) is 19.1 Å². The Bertz CT molecular complexity index is 390. The van der Waals surface area contributed by atoms with Crippen LogP contribution >= 0.6 is 0 Å². The highest BCUT2D eigenvalue weighted by atomic mass is 16.5. The molecule has 4 heteroatoms. The Morgan fingerprint density at radius 3 is 2.82 bits per heavy atom. The molecule has 1 N–H and O–H groups in total. The van der Waals surface area contributed by atoms with Gasteiger partial charge in [-0.3, -0.25) is 4.79 Å². The number of aliphatic hydroxyl groups is 1. The first-order valence-corrected chi connectivity index (χ1v) is 5.38. The van der Waals surface area contributed by atoms with E-state index < -0.39 is 0 Å². The van der Waals surface area contributed by atoms with Gasteiger partial charge in [0.15, 0.2) is 0 Å². The van der Waals surface area contributed by atoms with Gasteiger partial charge in [-0.25, -0.2) is 0 Å². The fourth-order valence-electron chi connectivity index (χ4n) is 1.54. The number of rotatable bonds is 6. The molecule has 4 nitrogen and oxygen atoms in total. The number of ether oxygens (including phenoxy) is 1. The van der Waals surface area contributed by atoms with E-state index in [2.05, 4.69) is 6.58 Å². The van der Waals surface area contributed by atoms with Gasteiger partial charge in [0.05, 0.1) is 19.3 Å². The molecule has 0 spiro atoms. The monoisotopic (exact) mass is 235 g/mol. The number of hydrogen-bond donors (Lipinski definition) is 1. The molecule has 0 aliphatic rings. The molecule has 1 amide bonds. The van der Waals surface area contributed by atoms with Gasteiger partial charge in [-0.1, -0.05) is 18.2 Å². The van der Waals surface area contributed by atoms with Crippen molar-refractivity contribution >= 4 is 5.91 Å². The summed E-state index contributed by atoms with van der Waals surface area (Å²) in [4.78, 5) is 13.7. The molecule has 92 valence electrons. The van der Waals surface area contributed by atoms with Crippen molar-refractivity contribution in [3.05, 3.63) is 42.5 Å². The van der Waals surface area contributed by atoms with Gasteiger partial charge in [-0.05, 0) is 12.1 Å². The summed E-state index contributed by atoms with van der Waals surface area (Å²) in [6.45, 7) is 4.20. The van der Waals surface area contributed by atoms with Crippen molar-refractivity contribution in [1.82, 2.24) is 4.90 Å². The summed E-state index contributed by atoms with van der Waals surface area (Å²) in [7, 11) is 1.52. The Labute approximate surface area is 101 Å². The molecular weight excluding hydrogens is 218 g/mol. The van der Waals surface area contributed by atoms with Crippen LogP contribution in [0.25, 0.3) is 0 Å². The van der Waals surface area contributed by atoms with Gasteiger partial charge in [-0.2, -0.15) is 0 Å². The SMILES string of the molecule is C=CCN(CCO)C(=O)c1ccccc1OC. The zero-order chi connectivity index (χ0) is 12.7. The highest BCUT2D eigenvalue weighted by Crippen LogP contribution is 2.19. The van der Waals surface area contributed by atoms with Crippen molar-refractivity contribution < 1.29 is 14.6 Å². The minimum absolute atomic E-state index is 0.0747. The molecule has 0 radical (unpaired) electrons. The quantitative estimate of drug-likeness (QED) is 0.756. The molecule has 0 aliphatic carbocycles. The number of carbonyl (C=O) groups excluding carboxylic acids is 1. The van der Waals surface area contributed by atoms with Crippen LogP contribution in [-0.2, 0) is 0 Å². The lowest BCUT2D eigenvalue weighted by Gasteiger charge is -2.21. The van der Waals surface area contributed by atoms with Crippen LogP contribution in [0.1, 0.15) is 10.4 Å². The zero-order valence-corrected chi connectivity index (χ0v) is 9.93. The summed E-state index contributed by atoms with van der Waals surface area (Å²) in [5, 5.41) is 8.93. The predicted octanol–water partition coefficient (Wildman–Crippen LogP) is 1.32. The molecule has 0 aliphatic heterocycles. The van der Waals surface area contributed by atoms with Crippen molar-refractivity contribution in [2.75, 3.05) is 26.8 Å². The predicted molar refractivity (Wildman–Crippen MR) is 66.2 cm³/mol. The average molecular weight is 235 g/mol. The third-order valence-electron chi connectivity index (χ3n) is 2.34. The molecule has 0 heterocycles. The highest BCUT2D eigenvalue weighted by molar-refractivity contribution is 5.97. The van der Waals surface area contributed by atoms with Crippen molar-refractivity contribution in [3.8, 4) is 5.75 Å². The smallest absolute Gasteiger partial charge is 0.257 e. The lowest BCUT2D eigenvalue weighted by Crippen LogP contribution is -2.33. The van der Waals surface area contributed by atoms with Crippen molar-refractivity contribution in [3.63, 3.8) is 0 Å². The molecule has 0 aromatic heterocycles. The molecule has 1 aromatic carbocycles. The third-order valence-corrected chi connectivity index (χ3v) is 2.34. The summed E-state index contributed by atoms with van der Waals surface area (Å²) < 4.78 is 5.14. The second-order valence-corrected chi connectivity index (χ2v) is 3.46. The number of nitrogens with zero attached hydrogens (tertiary/aromatic N) is 1. The van der Waals surface area contributed by atoms with Crippen LogP contribution < -0.4 is 4.74 Å². The van der Waals surface area contributed by atoms with Crippen LogP contribution in [0.4, 0.5) is 0 Å². The first-order valence-electron chi connectivity index (χ1n) is 5.38. The van der Waals surface area contributed by atoms with Crippen molar-refractivity contribution in [2.45, 2.75) is 0 Å². The summed E-state index contributed by atoms with van der Waals surface area (Å²) in [5.41, 5.74) is 0.491. The van der Waals surface area contributed by atoms with Crippen molar-refractivity contribution in [2.24, 2.45) is 0 Å². The minimum Gasteiger partial charge on any atom is -0.496 e. The van der Waals surface area contributed by atoms with Gasteiger partial charge in [0.1, 0.15) is 5.75 Å². The Balaban J connectivity index is 2.95. The maximum atomic E-state index is 12.2. The van der Waals surface area contributed by atoms with Gasteiger partial charge in [-0.15, -0.1) is 6.58 Å². The third kappa shape index (κ3) is 3.32. The Hall–Kier alpha value is -1.81. The molecule has 1 rings (SSSR count). The van der Waals surface area contributed by atoms with E-state index in [1.807, 2.05) is 0 Å². The molecule has 17 heavy (non-hydrogen) atoms. The van der Waals surface area contributed by atoms with Crippen LogP contribution in [0.2, 0.25) is 0 Å². The van der Waals surface area contributed by atoms with Crippen LogP contribution in [-0.4, -0.2) is 42.7 Å². The van der Waals surface area contributed by atoms with Crippen LogP contribution in [0, 0.1) is 0 Å². The van der Waals surface area contributed by atoms with Gasteiger partial charge < -0.3 is 14.7 Å². The Morgan fingerprint density at radius 1 is 1.53 bits per heavy atom. The van der Waals surface area contributed by atoms with Crippen LogP contribution in [0.5, 0.6) is 5.75 Å². The summed E-state index contributed by atoms with van der Waals surface area (Å²) in [6, 6.07) is 7.02. The van der Waals surface area contributed by atoms with E-state index >= 15 is 0 Å². The van der Waals surface area contributed by atoms with Gasteiger partial charge >= 0.3 is 0 Å². The zero-order valence-electron chi connectivity index (χ0n) is 9.93. The number of aliphatic hydroxyl groups excluding tert-OH is 1. The van der Waals surface area contributed by atoms with E-state index in [1.54, 1.807) is 30.3 Å². The lowest BCUT2D eigenvalue weighted by atomic mass is 10.1. The van der Waals surface area contributed by atoms with E-state index in [0.29, 0.717) is 17.9 Å². The molecule has 0 saturated heterocycles. The second-order valence-electron chi connectivity index (χ2n) is 3.46. The summed E-state index contributed by atoms with van der Waals surface area (Å²) >= 11 is 0. The van der Waals surface area contributed by atoms with E-state index in [9.17, 15) is 4.79 Å². The molecule has 0 atom stereocenters. The number of hydrogen-bond acceptors (Lipinski definition) is 3. The fraction of sp³-hybridized carbons (Fsp3) is 0.308. The van der Waals surface area contributed by atoms with Gasteiger partial charge in [0.25, 0.3) is 5.91 Å². The second kappa shape index (κ2) is 6.70. The maximum Gasteiger partial charge on any atom is 0.257 e. The van der Waals surface area contributed by atoms with Crippen LogP contribution in [0.3, 0.4) is 0 Å².